The van der Waals surface area contributed by atoms with Crippen molar-refractivity contribution in [3.8, 4) is 5.75 Å². The summed E-state index contributed by atoms with van der Waals surface area (Å²) in [5.41, 5.74) is 2.32. The number of nitrogens with one attached hydrogen (secondary N) is 2. The molecule has 0 fully saturated rings. The second-order valence-corrected chi connectivity index (χ2v) is 4.08. The molecule has 3 rings (SSSR count). The van der Waals surface area contributed by atoms with E-state index in [4.69, 9.17) is 0 Å². The molecule has 2 heterocycles. The molecule has 0 unspecified atom stereocenters. The summed E-state index contributed by atoms with van der Waals surface area (Å²) in [6, 6.07) is 6.86. The van der Waals surface area contributed by atoms with Gasteiger partial charge in [0.1, 0.15) is 5.75 Å². The van der Waals surface area contributed by atoms with Crippen molar-refractivity contribution in [2.45, 2.75) is 13.3 Å². The first-order valence-corrected chi connectivity index (χ1v) is 5.56. The van der Waals surface area contributed by atoms with Crippen molar-refractivity contribution < 1.29 is 5.11 Å². The van der Waals surface area contributed by atoms with E-state index in [-0.39, 0.29) is 11.3 Å². The fraction of sp³-hybridized carbons (Fsp3) is 0.154. The Morgan fingerprint density at radius 1 is 1.18 bits per heavy atom. The van der Waals surface area contributed by atoms with E-state index >= 15 is 0 Å². The second-order valence-electron chi connectivity index (χ2n) is 4.08. The van der Waals surface area contributed by atoms with Crippen molar-refractivity contribution in [1.29, 1.82) is 0 Å². The average Bonchev–Trinajstić information content (AvgIpc) is 2.68. The van der Waals surface area contributed by atoms with Crippen LogP contribution in [0.2, 0.25) is 0 Å². The monoisotopic (exact) mass is 228 g/mol. The van der Waals surface area contributed by atoms with Gasteiger partial charge >= 0.3 is 0 Å². The Hall–Kier alpha value is -2.23. The number of benzene rings is 1. The fourth-order valence-corrected chi connectivity index (χ4v) is 2.25. The molecule has 1 aromatic carbocycles. The third kappa shape index (κ3) is 1.34. The molecule has 0 bridgehead atoms. The van der Waals surface area contributed by atoms with Crippen LogP contribution in [-0.4, -0.2) is 15.1 Å². The zero-order valence-corrected chi connectivity index (χ0v) is 9.37. The van der Waals surface area contributed by atoms with Gasteiger partial charge in [-0.1, -0.05) is 19.1 Å². The highest BCUT2D eigenvalue weighted by Crippen LogP contribution is 2.30. The molecule has 0 amide bonds. The summed E-state index contributed by atoms with van der Waals surface area (Å²) >= 11 is 0. The zero-order chi connectivity index (χ0) is 12.0. The molecule has 0 aliphatic heterocycles. The van der Waals surface area contributed by atoms with Gasteiger partial charge in [-0.25, -0.2) is 0 Å². The van der Waals surface area contributed by atoms with Gasteiger partial charge in [0.05, 0.1) is 11.0 Å². The van der Waals surface area contributed by atoms with Crippen LogP contribution in [0.4, 0.5) is 0 Å². The number of hydrogen-bond donors (Lipinski definition) is 3. The summed E-state index contributed by atoms with van der Waals surface area (Å²) in [7, 11) is 0. The minimum atomic E-state index is -0.112. The number of aromatic amines is 2. The first-order chi connectivity index (χ1) is 8.20. The quantitative estimate of drug-likeness (QED) is 0.598. The van der Waals surface area contributed by atoms with E-state index < -0.39 is 0 Å². The van der Waals surface area contributed by atoms with Gasteiger partial charge in [0, 0.05) is 22.5 Å². The standard InChI is InChI=1S/C13H12N2O2/c1-2-9-12-8(6-11(17)14-9)7-4-3-5-10(16)13(7)15-12/h3-6,15-16H,2H2,1H3,(H,14,17). The molecule has 0 aliphatic rings. The van der Waals surface area contributed by atoms with Crippen molar-refractivity contribution in [2.24, 2.45) is 0 Å². The Bertz CT molecular complexity index is 768. The van der Waals surface area contributed by atoms with Crippen LogP contribution in [-0.2, 0) is 6.42 Å². The predicted molar refractivity (Wildman–Crippen MR) is 67.5 cm³/mol. The van der Waals surface area contributed by atoms with Crippen LogP contribution < -0.4 is 5.56 Å². The van der Waals surface area contributed by atoms with Crippen molar-refractivity contribution in [3.05, 3.63) is 40.3 Å². The Kier molecular flexibility index (Phi) is 1.98. The third-order valence-corrected chi connectivity index (χ3v) is 3.06. The fourth-order valence-electron chi connectivity index (χ4n) is 2.25. The van der Waals surface area contributed by atoms with Crippen LogP contribution in [0.1, 0.15) is 12.6 Å². The van der Waals surface area contributed by atoms with Crippen LogP contribution in [0.25, 0.3) is 21.8 Å². The Balaban J connectivity index is 2.60. The number of H-pyrrole nitrogens is 2. The molecule has 4 heteroatoms. The Labute approximate surface area is 96.9 Å². The molecule has 17 heavy (non-hydrogen) atoms. The minimum Gasteiger partial charge on any atom is -0.506 e. The van der Waals surface area contributed by atoms with Crippen molar-refractivity contribution in [2.75, 3.05) is 0 Å². The van der Waals surface area contributed by atoms with Crippen LogP contribution in [0.15, 0.2) is 29.1 Å². The molecule has 0 spiro atoms. The van der Waals surface area contributed by atoms with Gasteiger partial charge in [-0.3, -0.25) is 4.79 Å². The zero-order valence-electron chi connectivity index (χ0n) is 9.37. The molecule has 0 saturated heterocycles. The van der Waals surface area contributed by atoms with Crippen LogP contribution in [0.3, 0.4) is 0 Å². The largest absolute Gasteiger partial charge is 0.506 e. The molecule has 0 radical (unpaired) electrons. The summed E-state index contributed by atoms with van der Waals surface area (Å²) in [5.74, 6) is 0.202. The lowest BCUT2D eigenvalue weighted by atomic mass is 10.1. The molecule has 3 N–H and O–H groups in total. The van der Waals surface area contributed by atoms with Gasteiger partial charge in [0.25, 0.3) is 0 Å². The maximum Gasteiger partial charge on any atom is 0.248 e. The van der Waals surface area contributed by atoms with E-state index in [1.807, 2.05) is 13.0 Å². The van der Waals surface area contributed by atoms with Gasteiger partial charge in [0.2, 0.25) is 5.56 Å². The second kappa shape index (κ2) is 3.38. The highest BCUT2D eigenvalue weighted by atomic mass is 16.3. The first-order valence-electron chi connectivity index (χ1n) is 5.56. The van der Waals surface area contributed by atoms with E-state index in [0.717, 1.165) is 28.4 Å². The van der Waals surface area contributed by atoms with Gasteiger partial charge in [-0.05, 0) is 12.5 Å². The summed E-state index contributed by atoms with van der Waals surface area (Å²) in [6.45, 7) is 1.98. The summed E-state index contributed by atoms with van der Waals surface area (Å²) in [5, 5.41) is 11.5. The van der Waals surface area contributed by atoms with Gasteiger partial charge in [-0.2, -0.15) is 0 Å². The molecule has 0 saturated carbocycles. The van der Waals surface area contributed by atoms with Crippen LogP contribution in [0.5, 0.6) is 5.75 Å². The number of rotatable bonds is 1. The van der Waals surface area contributed by atoms with E-state index in [1.165, 1.54) is 0 Å². The lowest BCUT2D eigenvalue weighted by Crippen LogP contribution is -2.06. The molecular formula is C13H12N2O2. The summed E-state index contributed by atoms with van der Waals surface area (Å²) in [6.07, 6.45) is 0.736. The topological polar surface area (TPSA) is 68.9 Å². The lowest BCUT2D eigenvalue weighted by Gasteiger charge is -1.98. The van der Waals surface area contributed by atoms with Crippen LogP contribution in [0, 0.1) is 0 Å². The number of hydrogen-bond acceptors (Lipinski definition) is 2. The summed E-state index contributed by atoms with van der Waals surface area (Å²) < 4.78 is 0. The smallest absolute Gasteiger partial charge is 0.248 e. The van der Waals surface area contributed by atoms with Crippen molar-refractivity contribution in [3.63, 3.8) is 0 Å². The number of phenolic OH excluding ortho intramolecular Hbond substituents is 1. The molecule has 2 aromatic heterocycles. The molecule has 86 valence electrons. The number of fused-ring (bicyclic) bond motifs is 3. The van der Waals surface area contributed by atoms with Gasteiger partial charge in [0.15, 0.2) is 0 Å². The number of aromatic nitrogens is 2. The third-order valence-electron chi connectivity index (χ3n) is 3.06. The average molecular weight is 228 g/mol. The maximum absolute atomic E-state index is 11.6. The predicted octanol–water partition coefficient (Wildman–Crippen LogP) is 2.28. The normalized spacial score (nSPS) is 11.4. The number of phenols is 1. The summed E-state index contributed by atoms with van der Waals surface area (Å²) in [4.78, 5) is 17.5. The molecular weight excluding hydrogens is 216 g/mol. The Morgan fingerprint density at radius 3 is 2.76 bits per heavy atom. The first kappa shape index (κ1) is 9.96. The Morgan fingerprint density at radius 2 is 2.00 bits per heavy atom. The van der Waals surface area contributed by atoms with E-state index in [1.54, 1.807) is 18.2 Å². The number of para-hydroxylation sites is 1. The molecule has 3 aromatic rings. The molecule has 0 aliphatic carbocycles. The minimum absolute atomic E-state index is 0.112. The van der Waals surface area contributed by atoms with E-state index in [9.17, 15) is 9.90 Å². The number of aromatic hydroxyl groups is 1. The lowest BCUT2D eigenvalue weighted by molar-refractivity contribution is 0.480. The van der Waals surface area contributed by atoms with E-state index in [0.29, 0.717) is 5.52 Å². The number of aryl methyl sites for hydroxylation is 1. The van der Waals surface area contributed by atoms with Gasteiger partial charge < -0.3 is 15.1 Å². The molecule has 4 nitrogen and oxygen atoms in total. The number of pyridine rings is 1. The van der Waals surface area contributed by atoms with E-state index in [2.05, 4.69) is 9.97 Å². The van der Waals surface area contributed by atoms with Crippen LogP contribution >= 0.6 is 0 Å². The SMILES string of the molecule is CCc1[nH]c(=O)cc2c1[nH]c1c(O)cccc12. The maximum atomic E-state index is 11.6. The van der Waals surface area contributed by atoms with Crippen molar-refractivity contribution in [1.82, 2.24) is 9.97 Å². The van der Waals surface area contributed by atoms with Crippen molar-refractivity contribution >= 4 is 21.8 Å². The van der Waals surface area contributed by atoms with Gasteiger partial charge in [-0.15, -0.1) is 0 Å². The highest BCUT2D eigenvalue weighted by Gasteiger charge is 2.10. The molecule has 0 atom stereocenters. The highest BCUT2D eigenvalue weighted by molar-refractivity contribution is 6.09.